The smallest absolute Gasteiger partial charge is 0.251 e. The molecule has 6 heteroatoms. The maximum atomic E-state index is 13.7. The molecule has 3 aromatic rings. The fraction of sp³-hybridized carbons (Fsp3) is 0.472. The van der Waals surface area contributed by atoms with Crippen molar-refractivity contribution in [1.29, 1.82) is 0 Å². The minimum atomic E-state index is -2.14. The topological polar surface area (TPSA) is 50.8 Å². The average molecular weight is 587 g/mol. The molecule has 0 aliphatic carbocycles. The average Bonchev–Trinajstić information content (AvgIpc) is 3.16. The van der Waals surface area contributed by atoms with Crippen LogP contribution in [0.5, 0.6) is 5.75 Å². The first-order valence-electron chi connectivity index (χ1n) is 15.7. The Morgan fingerprint density at radius 1 is 0.833 bits per heavy atom. The number of carbonyl (C=O) groups is 1. The summed E-state index contributed by atoms with van der Waals surface area (Å²) < 4.78 is 13.3. The van der Waals surface area contributed by atoms with Crippen molar-refractivity contribution in [3.05, 3.63) is 102 Å². The second kappa shape index (κ2) is 15.0. The van der Waals surface area contributed by atoms with E-state index in [1.54, 1.807) is 0 Å². The summed E-state index contributed by atoms with van der Waals surface area (Å²) in [5.41, 5.74) is 4.51. The number of hydrogen-bond donors (Lipinski definition) is 1. The fourth-order valence-electron chi connectivity index (χ4n) is 6.83. The van der Waals surface area contributed by atoms with Gasteiger partial charge in [-0.15, -0.1) is 0 Å². The van der Waals surface area contributed by atoms with Crippen molar-refractivity contribution in [2.75, 3.05) is 13.1 Å². The van der Waals surface area contributed by atoms with E-state index in [0.717, 1.165) is 43.8 Å². The second-order valence-electron chi connectivity index (χ2n) is 12.7. The highest BCUT2D eigenvalue weighted by atomic mass is 28.4. The van der Waals surface area contributed by atoms with E-state index in [1.165, 1.54) is 5.56 Å². The Hall–Kier alpha value is -2.93. The lowest BCUT2D eigenvalue weighted by Crippen LogP contribution is -2.56. The molecular formula is C36H50N2O3Si. The van der Waals surface area contributed by atoms with Crippen molar-refractivity contribution in [3.8, 4) is 5.75 Å². The van der Waals surface area contributed by atoms with Crippen LogP contribution in [0.25, 0.3) is 0 Å². The molecule has 1 fully saturated rings. The van der Waals surface area contributed by atoms with Gasteiger partial charge in [0.05, 0.1) is 12.1 Å². The van der Waals surface area contributed by atoms with Gasteiger partial charge in [-0.25, -0.2) is 0 Å². The van der Waals surface area contributed by atoms with E-state index in [1.807, 2.05) is 54.6 Å². The van der Waals surface area contributed by atoms with Crippen molar-refractivity contribution in [2.24, 2.45) is 0 Å². The van der Waals surface area contributed by atoms with E-state index in [9.17, 15) is 4.79 Å². The lowest BCUT2D eigenvalue weighted by atomic mass is 10.1. The molecule has 1 amide bonds. The van der Waals surface area contributed by atoms with Crippen LogP contribution in [-0.2, 0) is 17.6 Å². The number of nitrogens with one attached hydrogen (secondary N) is 1. The van der Waals surface area contributed by atoms with Crippen LogP contribution in [0.1, 0.15) is 75.9 Å². The minimum Gasteiger partial charge on any atom is -0.489 e. The van der Waals surface area contributed by atoms with Crippen LogP contribution in [0.15, 0.2) is 84.9 Å². The van der Waals surface area contributed by atoms with E-state index < -0.39 is 8.32 Å². The van der Waals surface area contributed by atoms with Crippen molar-refractivity contribution in [1.82, 2.24) is 10.2 Å². The fourth-order valence-corrected chi connectivity index (χ4v) is 12.5. The van der Waals surface area contributed by atoms with Crippen LogP contribution in [-0.4, -0.2) is 44.4 Å². The van der Waals surface area contributed by atoms with Gasteiger partial charge in [0, 0.05) is 18.7 Å². The molecule has 0 saturated carbocycles. The summed E-state index contributed by atoms with van der Waals surface area (Å²) in [7, 11) is -2.14. The van der Waals surface area contributed by atoms with Crippen molar-refractivity contribution >= 4 is 14.2 Å². The highest BCUT2D eigenvalue weighted by Crippen LogP contribution is 2.44. The quantitative estimate of drug-likeness (QED) is 0.217. The monoisotopic (exact) mass is 586 g/mol. The highest BCUT2D eigenvalue weighted by Gasteiger charge is 2.48. The molecule has 0 bridgehead atoms. The normalized spacial score (nSPS) is 18.3. The SMILES string of the molecule is CC(C)[Si](O[C@@H]1CCCN(Cc2ccccc2)C[C@H]1NC(=O)c1ccc(OCc2ccccc2)cc1)(C(C)C)C(C)C. The Morgan fingerprint density at radius 2 is 1.40 bits per heavy atom. The molecule has 3 aromatic carbocycles. The largest absolute Gasteiger partial charge is 0.489 e. The molecule has 2 atom stereocenters. The first kappa shape index (κ1) is 32.0. The van der Waals surface area contributed by atoms with Gasteiger partial charge in [0.1, 0.15) is 12.4 Å². The maximum absolute atomic E-state index is 13.7. The molecule has 0 aromatic heterocycles. The summed E-state index contributed by atoms with van der Waals surface area (Å²) in [4.78, 5) is 16.2. The number of carbonyl (C=O) groups excluding carboxylic acids is 1. The maximum Gasteiger partial charge on any atom is 0.251 e. The van der Waals surface area contributed by atoms with Gasteiger partial charge in [0.15, 0.2) is 0 Å². The third-order valence-corrected chi connectivity index (χ3v) is 15.0. The van der Waals surface area contributed by atoms with Crippen LogP contribution in [0, 0.1) is 0 Å². The van der Waals surface area contributed by atoms with E-state index >= 15 is 0 Å². The molecule has 0 spiro atoms. The van der Waals surface area contributed by atoms with E-state index in [-0.39, 0.29) is 18.1 Å². The first-order chi connectivity index (χ1) is 20.2. The lowest BCUT2D eigenvalue weighted by molar-refractivity contribution is 0.0810. The molecule has 1 aliphatic rings. The zero-order chi connectivity index (χ0) is 30.1. The zero-order valence-electron chi connectivity index (χ0n) is 26.4. The molecule has 0 unspecified atom stereocenters. The molecule has 0 radical (unpaired) electrons. The van der Waals surface area contributed by atoms with Crippen molar-refractivity contribution in [2.45, 2.75) is 96.3 Å². The summed E-state index contributed by atoms with van der Waals surface area (Å²) in [6.45, 7) is 17.1. The first-order valence-corrected chi connectivity index (χ1v) is 17.8. The molecule has 42 heavy (non-hydrogen) atoms. The number of nitrogens with zero attached hydrogens (tertiary/aromatic N) is 1. The number of hydrogen-bond acceptors (Lipinski definition) is 4. The van der Waals surface area contributed by atoms with E-state index in [4.69, 9.17) is 9.16 Å². The third-order valence-electron chi connectivity index (χ3n) is 8.86. The van der Waals surface area contributed by atoms with Crippen LogP contribution in [0.2, 0.25) is 16.6 Å². The third kappa shape index (κ3) is 8.12. The molecular weight excluding hydrogens is 536 g/mol. The Labute approximate surface area is 254 Å². The van der Waals surface area contributed by atoms with Crippen LogP contribution >= 0.6 is 0 Å². The number of amides is 1. The van der Waals surface area contributed by atoms with Gasteiger partial charge in [0.2, 0.25) is 8.32 Å². The number of likely N-dealkylation sites (tertiary alicyclic amines) is 1. The summed E-state index contributed by atoms with van der Waals surface area (Å²) in [5.74, 6) is 0.692. The van der Waals surface area contributed by atoms with Gasteiger partial charge in [-0.1, -0.05) is 102 Å². The number of rotatable bonds is 12. The Balaban J connectivity index is 1.52. The molecule has 1 heterocycles. The van der Waals surface area contributed by atoms with Gasteiger partial charge in [-0.2, -0.15) is 0 Å². The van der Waals surface area contributed by atoms with Gasteiger partial charge in [0.25, 0.3) is 5.91 Å². The molecule has 1 saturated heterocycles. The van der Waals surface area contributed by atoms with Crippen LogP contribution < -0.4 is 10.1 Å². The standard InChI is InChI=1S/C36H50N2O3Si/c1-27(2)42(28(3)4,29(5)6)41-35-18-13-23-38(24-30-14-9-7-10-15-30)25-34(35)37-36(39)32-19-21-33(22-20-32)40-26-31-16-11-8-12-17-31/h7-12,14-17,19-22,27-29,34-35H,13,18,23-26H2,1-6H3,(H,37,39)/t34-,35-/m1/s1. The minimum absolute atomic E-state index is 0.0120. The molecule has 1 N–H and O–H groups in total. The summed E-state index contributed by atoms with van der Waals surface area (Å²) in [5, 5.41) is 3.43. The molecule has 5 nitrogen and oxygen atoms in total. The lowest BCUT2D eigenvalue weighted by Gasteiger charge is -2.46. The van der Waals surface area contributed by atoms with Gasteiger partial charge < -0.3 is 14.5 Å². The van der Waals surface area contributed by atoms with Crippen molar-refractivity contribution in [3.63, 3.8) is 0 Å². The predicted octanol–water partition coefficient (Wildman–Crippen LogP) is 8.22. The molecule has 226 valence electrons. The van der Waals surface area contributed by atoms with Gasteiger partial charge >= 0.3 is 0 Å². The number of ether oxygens (including phenoxy) is 1. The van der Waals surface area contributed by atoms with E-state index in [2.05, 4.69) is 82.1 Å². The Bertz CT molecular complexity index is 1210. The second-order valence-corrected chi connectivity index (χ2v) is 18.1. The van der Waals surface area contributed by atoms with Crippen molar-refractivity contribution < 1.29 is 14.0 Å². The summed E-state index contributed by atoms with van der Waals surface area (Å²) in [6.07, 6.45) is 1.99. The number of benzene rings is 3. The summed E-state index contributed by atoms with van der Waals surface area (Å²) in [6, 6.07) is 28.1. The molecule has 4 rings (SSSR count). The van der Waals surface area contributed by atoms with E-state index in [0.29, 0.717) is 28.8 Å². The van der Waals surface area contributed by atoms with Gasteiger partial charge in [-0.3, -0.25) is 9.69 Å². The Kier molecular flexibility index (Phi) is 11.4. The summed E-state index contributed by atoms with van der Waals surface area (Å²) >= 11 is 0. The zero-order valence-corrected chi connectivity index (χ0v) is 27.4. The van der Waals surface area contributed by atoms with Crippen LogP contribution in [0.4, 0.5) is 0 Å². The highest BCUT2D eigenvalue weighted by molar-refractivity contribution is 6.77. The van der Waals surface area contributed by atoms with Gasteiger partial charge in [-0.05, 0) is 71.4 Å². The Morgan fingerprint density at radius 3 is 1.98 bits per heavy atom. The molecule has 1 aliphatic heterocycles. The predicted molar refractivity (Wildman–Crippen MR) is 175 cm³/mol. The van der Waals surface area contributed by atoms with Crippen LogP contribution in [0.3, 0.4) is 0 Å².